The molecule has 0 spiro atoms. The van der Waals surface area contributed by atoms with Gasteiger partial charge in [-0.2, -0.15) is 5.10 Å². The van der Waals surface area contributed by atoms with Crippen LogP contribution in [0.15, 0.2) is 72.1 Å². The zero-order valence-electron chi connectivity index (χ0n) is 17.2. The molecule has 1 aromatic heterocycles. The second-order valence-corrected chi connectivity index (χ2v) is 6.55. The van der Waals surface area contributed by atoms with Crippen molar-refractivity contribution in [2.45, 2.75) is 6.92 Å². The monoisotopic (exact) mass is 418 g/mol. The van der Waals surface area contributed by atoms with Crippen molar-refractivity contribution in [3.8, 4) is 11.5 Å². The number of benzene rings is 2. The maximum atomic E-state index is 12.1. The van der Waals surface area contributed by atoms with E-state index in [1.807, 2.05) is 31.2 Å². The van der Waals surface area contributed by atoms with Crippen molar-refractivity contribution in [3.63, 3.8) is 0 Å². The van der Waals surface area contributed by atoms with Crippen molar-refractivity contribution in [1.82, 2.24) is 10.4 Å². The smallest absolute Gasteiger partial charge is 0.271 e. The quantitative estimate of drug-likeness (QED) is 0.432. The number of pyridine rings is 1. The molecule has 0 radical (unpaired) electrons. The van der Waals surface area contributed by atoms with E-state index in [1.54, 1.807) is 30.3 Å². The maximum absolute atomic E-state index is 12.1. The van der Waals surface area contributed by atoms with Crippen LogP contribution in [0.2, 0.25) is 0 Å². The van der Waals surface area contributed by atoms with E-state index in [0.717, 1.165) is 5.56 Å². The minimum absolute atomic E-state index is 0.167. The minimum Gasteiger partial charge on any atom is -0.493 e. The molecule has 3 aromatic rings. The molecule has 2 aromatic carbocycles. The van der Waals surface area contributed by atoms with Crippen LogP contribution in [0.25, 0.3) is 0 Å². The van der Waals surface area contributed by atoms with E-state index >= 15 is 0 Å². The van der Waals surface area contributed by atoms with E-state index in [1.165, 1.54) is 25.7 Å². The molecule has 31 heavy (non-hydrogen) atoms. The third-order valence-corrected chi connectivity index (χ3v) is 4.17. The van der Waals surface area contributed by atoms with Gasteiger partial charge >= 0.3 is 0 Å². The SMILES string of the molecule is COc1cc(/C=N\NC(=O)c2ccncc2)ccc1OCC(=O)Nc1cccc(C)c1. The molecule has 0 saturated carbocycles. The summed E-state index contributed by atoms with van der Waals surface area (Å²) in [5.74, 6) is 0.231. The number of methoxy groups -OCH3 is 1. The van der Waals surface area contributed by atoms with Gasteiger partial charge in [-0.25, -0.2) is 5.43 Å². The Labute approximate surface area is 179 Å². The Balaban J connectivity index is 1.56. The van der Waals surface area contributed by atoms with Gasteiger partial charge in [0.2, 0.25) is 0 Å². The van der Waals surface area contributed by atoms with E-state index in [2.05, 4.69) is 20.8 Å². The lowest BCUT2D eigenvalue weighted by atomic mass is 10.2. The second kappa shape index (κ2) is 10.5. The lowest BCUT2D eigenvalue weighted by Crippen LogP contribution is -2.20. The normalized spacial score (nSPS) is 10.5. The number of aryl methyl sites for hydroxylation is 1. The predicted octanol–water partition coefficient (Wildman–Crippen LogP) is 3.18. The van der Waals surface area contributed by atoms with E-state index < -0.39 is 0 Å². The molecule has 0 atom stereocenters. The van der Waals surface area contributed by atoms with E-state index in [4.69, 9.17) is 9.47 Å². The van der Waals surface area contributed by atoms with Crippen LogP contribution in [-0.4, -0.2) is 36.7 Å². The zero-order chi connectivity index (χ0) is 22.1. The number of nitrogens with zero attached hydrogens (tertiary/aromatic N) is 2. The molecule has 2 N–H and O–H groups in total. The number of carbonyl (C=O) groups excluding carboxylic acids is 2. The molecule has 0 fully saturated rings. The standard InChI is InChI=1S/C23H22N4O4/c1-16-4-3-5-19(12-16)26-22(28)15-31-20-7-6-17(13-21(20)30-2)14-25-27-23(29)18-8-10-24-11-9-18/h3-14H,15H2,1-2H3,(H,26,28)(H,27,29)/b25-14-. The summed E-state index contributed by atoms with van der Waals surface area (Å²) < 4.78 is 10.9. The van der Waals surface area contributed by atoms with E-state index in [-0.39, 0.29) is 18.4 Å². The average Bonchev–Trinajstić information content (AvgIpc) is 2.78. The van der Waals surface area contributed by atoms with Crippen LogP contribution in [-0.2, 0) is 4.79 Å². The van der Waals surface area contributed by atoms with Crippen LogP contribution in [0.3, 0.4) is 0 Å². The number of aromatic nitrogens is 1. The largest absolute Gasteiger partial charge is 0.493 e. The fraction of sp³-hybridized carbons (Fsp3) is 0.130. The number of carbonyl (C=O) groups is 2. The summed E-state index contributed by atoms with van der Waals surface area (Å²) in [6.07, 6.45) is 4.54. The fourth-order valence-electron chi connectivity index (χ4n) is 2.68. The number of anilines is 1. The van der Waals surface area contributed by atoms with Crippen LogP contribution in [0.4, 0.5) is 5.69 Å². The lowest BCUT2D eigenvalue weighted by molar-refractivity contribution is -0.118. The number of amides is 2. The molecule has 0 aliphatic carbocycles. The van der Waals surface area contributed by atoms with Gasteiger partial charge in [0, 0.05) is 23.6 Å². The Bertz CT molecular complexity index is 1080. The van der Waals surface area contributed by atoms with Crippen molar-refractivity contribution in [2.24, 2.45) is 5.10 Å². The van der Waals surface area contributed by atoms with Crippen molar-refractivity contribution >= 4 is 23.7 Å². The summed E-state index contributed by atoms with van der Waals surface area (Å²) in [6.45, 7) is 1.78. The molecule has 0 unspecified atom stereocenters. The summed E-state index contributed by atoms with van der Waals surface area (Å²) in [4.78, 5) is 28.0. The number of hydrogen-bond acceptors (Lipinski definition) is 6. The number of rotatable bonds is 8. The summed E-state index contributed by atoms with van der Waals surface area (Å²) in [6, 6.07) is 15.8. The Morgan fingerprint density at radius 3 is 2.61 bits per heavy atom. The molecule has 0 bridgehead atoms. The van der Waals surface area contributed by atoms with Crippen LogP contribution < -0.4 is 20.2 Å². The van der Waals surface area contributed by atoms with Gasteiger partial charge in [-0.3, -0.25) is 14.6 Å². The Morgan fingerprint density at radius 2 is 1.87 bits per heavy atom. The molecule has 2 amide bonds. The highest BCUT2D eigenvalue weighted by Gasteiger charge is 2.09. The Hall–Kier alpha value is -4.20. The highest BCUT2D eigenvalue weighted by Crippen LogP contribution is 2.27. The van der Waals surface area contributed by atoms with Gasteiger partial charge in [-0.15, -0.1) is 0 Å². The highest BCUT2D eigenvalue weighted by atomic mass is 16.5. The first-order valence-corrected chi connectivity index (χ1v) is 9.46. The molecule has 158 valence electrons. The van der Waals surface area contributed by atoms with E-state index in [9.17, 15) is 9.59 Å². The van der Waals surface area contributed by atoms with Crippen LogP contribution in [0.1, 0.15) is 21.5 Å². The van der Waals surface area contributed by atoms with Gasteiger partial charge < -0.3 is 14.8 Å². The number of ether oxygens (including phenoxy) is 2. The third kappa shape index (κ3) is 6.40. The summed E-state index contributed by atoms with van der Waals surface area (Å²) in [5.41, 5.74) is 5.34. The van der Waals surface area contributed by atoms with Gasteiger partial charge in [0.05, 0.1) is 13.3 Å². The van der Waals surface area contributed by atoms with Crippen molar-refractivity contribution in [3.05, 3.63) is 83.7 Å². The van der Waals surface area contributed by atoms with Crippen molar-refractivity contribution in [1.29, 1.82) is 0 Å². The molecule has 0 aliphatic rings. The number of hydrazone groups is 1. The molecule has 8 heteroatoms. The average molecular weight is 418 g/mol. The van der Waals surface area contributed by atoms with Crippen LogP contribution in [0.5, 0.6) is 11.5 Å². The first-order valence-electron chi connectivity index (χ1n) is 9.46. The highest BCUT2D eigenvalue weighted by molar-refractivity contribution is 5.94. The molecular weight excluding hydrogens is 396 g/mol. The van der Waals surface area contributed by atoms with Gasteiger partial charge in [-0.05, 0) is 60.5 Å². The molecule has 1 heterocycles. The fourth-order valence-corrected chi connectivity index (χ4v) is 2.68. The van der Waals surface area contributed by atoms with Gasteiger partial charge in [0.15, 0.2) is 18.1 Å². The molecular formula is C23H22N4O4. The first kappa shape index (κ1) is 21.5. The zero-order valence-corrected chi connectivity index (χ0v) is 17.2. The number of nitrogens with one attached hydrogen (secondary N) is 2. The van der Waals surface area contributed by atoms with Gasteiger partial charge in [0.1, 0.15) is 0 Å². The molecule has 0 aliphatic heterocycles. The van der Waals surface area contributed by atoms with Gasteiger partial charge in [-0.1, -0.05) is 12.1 Å². The maximum Gasteiger partial charge on any atom is 0.271 e. The van der Waals surface area contributed by atoms with Gasteiger partial charge in [0.25, 0.3) is 11.8 Å². The Kier molecular flexibility index (Phi) is 7.31. The third-order valence-electron chi connectivity index (χ3n) is 4.17. The Morgan fingerprint density at radius 1 is 1.06 bits per heavy atom. The van der Waals surface area contributed by atoms with Crippen molar-refractivity contribution < 1.29 is 19.1 Å². The lowest BCUT2D eigenvalue weighted by Gasteiger charge is -2.11. The first-order chi connectivity index (χ1) is 15.0. The van der Waals surface area contributed by atoms with E-state index in [0.29, 0.717) is 28.3 Å². The summed E-state index contributed by atoms with van der Waals surface area (Å²) >= 11 is 0. The van der Waals surface area contributed by atoms with Crippen molar-refractivity contribution in [2.75, 3.05) is 19.0 Å². The summed E-state index contributed by atoms with van der Waals surface area (Å²) in [7, 11) is 1.50. The number of hydrogen-bond donors (Lipinski definition) is 2. The summed E-state index contributed by atoms with van der Waals surface area (Å²) in [5, 5.41) is 6.73. The second-order valence-electron chi connectivity index (χ2n) is 6.55. The molecule has 0 saturated heterocycles. The van der Waals surface area contributed by atoms with Crippen LogP contribution in [0, 0.1) is 6.92 Å². The topological polar surface area (TPSA) is 102 Å². The van der Waals surface area contributed by atoms with Crippen LogP contribution >= 0.6 is 0 Å². The predicted molar refractivity (Wildman–Crippen MR) is 118 cm³/mol. The molecule has 3 rings (SSSR count). The minimum atomic E-state index is -0.342. The molecule has 8 nitrogen and oxygen atoms in total.